The molecule has 1 N–H and O–H groups in total. The Bertz CT molecular complexity index is 913. The SMILES string of the molecule is CCc1cc(=O)n(CCNC(=O)CC(c2ccccc2)c2ccccc2)cn1. The van der Waals surface area contributed by atoms with E-state index in [-0.39, 0.29) is 17.4 Å². The molecule has 0 atom stereocenters. The van der Waals surface area contributed by atoms with Crippen LogP contribution < -0.4 is 10.9 Å². The summed E-state index contributed by atoms with van der Waals surface area (Å²) in [5.74, 6) is -0.0421. The lowest BCUT2D eigenvalue weighted by atomic mass is 9.88. The smallest absolute Gasteiger partial charge is 0.253 e. The van der Waals surface area contributed by atoms with Crippen molar-refractivity contribution >= 4 is 5.91 Å². The van der Waals surface area contributed by atoms with Gasteiger partial charge in [-0.15, -0.1) is 0 Å². The van der Waals surface area contributed by atoms with Gasteiger partial charge in [0.2, 0.25) is 5.91 Å². The van der Waals surface area contributed by atoms with Gasteiger partial charge in [-0.1, -0.05) is 67.6 Å². The number of amides is 1. The molecule has 2 aromatic carbocycles. The van der Waals surface area contributed by atoms with Gasteiger partial charge in [-0.2, -0.15) is 0 Å². The molecular formula is C23H25N3O2. The van der Waals surface area contributed by atoms with Gasteiger partial charge in [0, 0.05) is 37.2 Å². The standard InChI is InChI=1S/C23H25N3O2/c1-2-20-15-23(28)26(17-25-20)14-13-24-22(27)16-21(18-9-5-3-6-10-18)19-11-7-4-8-12-19/h3-12,15,17,21H,2,13-14,16H2,1H3,(H,24,27). The van der Waals surface area contributed by atoms with Crippen LogP contribution >= 0.6 is 0 Å². The Morgan fingerprint density at radius 1 is 1.04 bits per heavy atom. The third-order valence-electron chi connectivity index (χ3n) is 4.77. The van der Waals surface area contributed by atoms with E-state index in [0.717, 1.165) is 23.2 Å². The molecule has 144 valence electrons. The van der Waals surface area contributed by atoms with Crippen molar-refractivity contribution in [1.29, 1.82) is 0 Å². The van der Waals surface area contributed by atoms with Crippen LogP contribution in [0.3, 0.4) is 0 Å². The van der Waals surface area contributed by atoms with E-state index < -0.39 is 0 Å². The molecule has 5 heteroatoms. The fourth-order valence-corrected chi connectivity index (χ4v) is 3.20. The summed E-state index contributed by atoms with van der Waals surface area (Å²) < 4.78 is 1.52. The molecule has 1 amide bonds. The van der Waals surface area contributed by atoms with Crippen molar-refractivity contribution in [2.45, 2.75) is 32.2 Å². The van der Waals surface area contributed by atoms with Gasteiger partial charge in [0.25, 0.3) is 5.56 Å². The van der Waals surface area contributed by atoms with Crippen molar-refractivity contribution in [1.82, 2.24) is 14.9 Å². The topological polar surface area (TPSA) is 64.0 Å². The Morgan fingerprint density at radius 2 is 1.64 bits per heavy atom. The summed E-state index contributed by atoms with van der Waals surface area (Å²) in [5, 5.41) is 2.93. The van der Waals surface area contributed by atoms with Gasteiger partial charge in [-0.25, -0.2) is 4.98 Å². The van der Waals surface area contributed by atoms with Gasteiger partial charge in [0.05, 0.1) is 6.33 Å². The number of rotatable bonds is 8. The van der Waals surface area contributed by atoms with Gasteiger partial charge in [-0.05, 0) is 17.5 Å². The predicted molar refractivity (Wildman–Crippen MR) is 110 cm³/mol. The van der Waals surface area contributed by atoms with Crippen LogP contribution in [0.1, 0.15) is 36.1 Å². The number of carbonyl (C=O) groups excluding carboxylic acids is 1. The zero-order chi connectivity index (χ0) is 19.8. The summed E-state index contributed by atoms with van der Waals surface area (Å²) >= 11 is 0. The second-order valence-electron chi connectivity index (χ2n) is 6.69. The summed E-state index contributed by atoms with van der Waals surface area (Å²) in [5.41, 5.74) is 2.91. The molecule has 1 aromatic heterocycles. The molecule has 0 aliphatic heterocycles. The van der Waals surface area contributed by atoms with Gasteiger partial charge in [-0.3, -0.25) is 14.2 Å². The van der Waals surface area contributed by atoms with E-state index in [2.05, 4.69) is 10.3 Å². The zero-order valence-electron chi connectivity index (χ0n) is 16.0. The normalized spacial score (nSPS) is 10.8. The van der Waals surface area contributed by atoms with E-state index in [1.165, 1.54) is 4.57 Å². The van der Waals surface area contributed by atoms with Crippen LogP contribution in [-0.2, 0) is 17.8 Å². The minimum Gasteiger partial charge on any atom is -0.354 e. The van der Waals surface area contributed by atoms with E-state index in [0.29, 0.717) is 19.5 Å². The zero-order valence-corrected chi connectivity index (χ0v) is 16.0. The van der Waals surface area contributed by atoms with Gasteiger partial charge >= 0.3 is 0 Å². The maximum absolute atomic E-state index is 12.6. The summed E-state index contributed by atoms with van der Waals surface area (Å²) in [6, 6.07) is 21.6. The van der Waals surface area contributed by atoms with E-state index >= 15 is 0 Å². The maximum Gasteiger partial charge on any atom is 0.253 e. The number of nitrogens with zero attached hydrogens (tertiary/aromatic N) is 2. The van der Waals surface area contributed by atoms with Gasteiger partial charge < -0.3 is 5.32 Å². The van der Waals surface area contributed by atoms with Gasteiger partial charge in [0.1, 0.15) is 0 Å². The van der Waals surface area contributed by atoms with Crippen LogP contribution in [-0.4, -0.2) is 22.0 Å². The van der Waals surface area contributed by atoms with E-state index in [1.54, 1.807) is 12.4 Å². The molecule has 0 saturated carbocycles. The molecule has 0 aliphatic rings. The number of aromatic nitrogens is 2. The predicted octanol–water partition coefficient (Wildman–Crippen LogP) is 3.14. The quantitative estimate of drug-likeness (QED) is 0.658. The first-order chi connectivity index (χ1) is 13.7. The second-order valence-corrected chi connectivity index (χ2v) is 6.69. The van der Waals surface area contributed by atoms with Crippen molar-refractivity contribution in [2.24, 2.45) is 0 Å². The monoisotopic (exact) mass is 375 g/mol. The van der Waals surface area contributed by atoms with Crippen LogP contribution in [0.4, 0.5) is 0 Å². The molecule has 0 fully saturated rings. The molecule has 0 radical (unpaired) electrons. The Balaban J connectivity index is 1.62. The summed E-state index contributed by atoms with van der Waals surface area (Å²) in [6.07, 6.45) is 2.63. The number of benzene rings is 2. The molecule has 0 bridgehead atoms. The van der Waals surface area contributed by atoms with E-state index in [1.807, 2.05) is 67.6 Å². The van der Waals surface area contributed by atoms with Crippen molar-refractivity contribution < 1.29 is 4.79 Å². The third-order valence-corrected chi connectivity index (χ3v) is 4.77. The van der Waals surface area contributed by atoms with E-state index in [9.17, 15) is 9.59 Å². The minimum absolute atomic E-state index is 0.00405. The number of hydrogen-bond donors (Lipinski definition) is 1. The highest BCUT2D eigenvalue weighted by Gasteiger charge is 2.17. The first-order valence-corrected chi connectivity index (χ1v) is 9.59. The number of hydrogen-bond acceptors (Lipinski definition) is 3. The molecule has 3 rings (SSSR count). The number of carbonyl (C=O) groups is 1. The Kier molecular flexibility index (Phi) is 6.73. The van der Waals surface area contributed by atoms with Crippen LogP contribution in [0.5, 0.6) is 0 Å². The Hall–Kier alpha value is -3.21. The van der Waals surface area contributed by atoms with Crippen molar-refractivity contribution in [2.75, 3.05) is 6.54 Å². The van der Waals surface area contributed by atoms with E-state index in [4.69, 9.17) is 0 Å². The lowest BCUT2D eigenvalue weighted by Gasteiger charge is -2.18. The third kappa shape index (κ3) is 5.16. The van der Waals surface area contributed by atoms with Crippen LogP contribution in [0.2, 0.25) is 0 Å². The first-order valence-electron chi connectivity index (χ1n) is 9.59. The molecule has 3 aromatic rings. The highest BCUT2D eigenvalue weighted by Crippen LogP contribution is 2.27. The summed E-state index contributed by atoms with van der Waals surface area (Å²) in [7, 11) is 0. The lowest BCUT2D eigenvalue weighted by molar-refractivity contribution is -0.121. The number of nitrogens with one attached hydrogen (secondary N) is 1. The Morgan fingerprint density at radius 3 is 2.18 bits per heavy atom. The van der Waals surface area contributed by atoms with Crippen LogP contribution in [0.25, 0.3) is 0 Å². The fraction of sp³-hybridized carbons (Fsp3) is 0.261. The molecule has 0 aliphatic carbocycles. The summed E-state index contributed by atoms with van der Waals surface area (Å²) in [4.78, 5) is 28.8. The highest BCUT2D eigenvalue weighted by atomic mass is 16.1. The molecule has 0 spiro atoms. The average molecular weight is 375 g/mol. The molecule has 0 unspecified atom stereocenters. The fourth-order valence-electron chi connectivity index (χ4n) is 3.20. The van der Waals surface area contributed by atoms with Crippen LogP contribution in [0, 0.1) is 0 Å². The van der Waals surface area contributed by atoms with Gasteiger partial charge in [0.15, 0.2) is 0 Å². The summed E-state index contributed by atoms with van der Waals surface area (Å²) in [6.45, 7) is 2.76. The average Bonchev–Trinajstić information content (AvgIpc) is 2.74. The molecule has 5 nitrogen and oxygen atoms in total. The number of aryl methyl sites for hydroxylation is 1. The van der Waals surface area contributed by atoms with Crippen molar-refractivity contribution in [3.63, 3.8) is 0 Å². The Labute approximate surface area is 165 Å². The first kappa shape index (κ1) is 19.5. The molecule has 0 saturated heterocycles. The maximum atomic E-state index is 12.6. The van der Waals surface area contributed by atoms with Crippen molar-refractivity contribution in [3.8, 4) is 0 Å². The largest absolute Gasteiger partial charge is 0.354 e. The molecular weight excluding hydrogens is 350 g/mol. The second kappa shape index (κ2) is 9.65. The highest BCUT2D eigenvalue weighted by molar-refractivity contribution is 5.77. The lowest BCUT2D eigenvalue weighted by Crippen LogP contribution is -2.31. The van der Waals surface area contributed by atoms with Crippen LogP contribution in [0.15, 0.2) is 77.9 Å². The van der Waals surface area contributed by atoms with Crippen molar-refractivity contribution in [3.05, 3.63) is 100 Å². The minimum atomic E-state index is -0.0902. The molecule has 1 heterocycles. The molecule has 28 heavy (non-hydrogen) atoms.